The van der Waals surface area contributed by atoms with Gasteiger partial charge in [-0.25, -0.2) is 13.4 Å². The zero-order chi connectivity index (χ0) is 25.2. The lowest BCUT2D eigenvalue weighted by Gasteiger charge is -2.29. The van der Waals surface area contributed by atoms with Crippen LogP contribution in [-0.4, -0.2) is 75.4 Å². The third-order valence-corrected chi connectivity index (χ3v) is 9.20. The molecule has 4 rings (SSSR count). The summed E-state index contributed by atoms with van der Waals surface area (Å²) in [6.45, 7) is 1.51. The highest BCUT2D eigenvalue weighted by Gasteiger charge is 2.42. The van der Waals surface area contributed by atoms with Crippen LogP contribution in [0, 0.1) is 0 Å². The molecular formula is C24H29ClN4O4S2. The number of amides is 1. The molecule has 2 aromatic carbocycles. The van der Waals surface area contributed by atoms with Crippen LogP contribution < -0.4 is 9.64 Å². The smallest absolute Gasteiger partial charge is 0.247 e. The second-order valence-electron chi connectivity index (χ2n) is 8.68. The maximum atomic E-state index is 13.9. The molecule has 2 heterocycles. The third-order valence-electron chi connectivity index (χ3n) is 5.98. The summed E-state index contributed by atoms with van der Waals surface area (Å²) < 4.78 is 34.5. The first-order valence-corrected chi connectivity index (χ1v) is 14.0. The predicted octanol–water partition coefficient (Wildman–Crippen LogP) is 4.10. The summed E-state index contributed by atoms with van der Waals surface area (Å²) in [5, 5.41) is 1.00. The minimum atomic E-state index is -3.85. The predicted molar refractivity (Wildman–Crippen MR) is 140 cm³/mol. The van der Waals surface area contributed by atoms with Gasteiger partial charge in [0.2, 0.25) is 15.9 Å². The van der Waals surface area contributed by atoms with Gasteiger partial charge in [0.05, 0.1) is 16.7 Å². The highest BCUT2D eigenvalue weighted by Crippen LogP contribution is 2.36. The molecule has 0 radical (unpaired) electrons. The van der Waals surface area contributed by atoms with Gasteiger partial charge in [-0.3, -0.25) is 9.69 Å². The van der Waals surface area contributed by atoms with Gasteiger partial charge in [-0.2, -0.15) is 4.31 Å². The molecule has 0 bridgehead atoms. The van der Waals surface area contributed by atoms with Crippen molar-refractivity contribution >= 4 is 54.2 Å². The standard InChI is InChI=1S/C24H29ClN4O4S2/c1-27(2)14-6-15-28(24-26-22-20(33-3)8-4-9-21(22)34-24)23(30)19-7-5-16-29(19)35(31,32)18-12-10-17(25)11-13-18/h4,8-13,19H,5-7,14-16H2,1-3H3. The number of nitrogens with zero attached hydrogens (tertiary/aromatic N) is 4. The van der Waals surface area contributed by atoms with Gasteiger partial charge in [0.1, 0.15) is 17.3 Å². The van der Waals surface area contributed by atoms with E-state index in [1.807, 2.05) is 32.3 Å². The number of aromatic nitrogens is 1. The normalized spacial score (nSPS) is 16.8. The molecule has 1 aliphatic heterocycles. The minimum Gasteiger partial charge on any atom is -0.494 e. The fourth-order valence-corrected chi connectivity index (χ4v) is 7.02. The van der Waals surface area contributed by atoms with E-state index in [0.717, 1.165) is 17.7 Å². The van der Waals surface area contributed by atoms with Gasteiger partial charge in [-0.15, -0.1) is 0 Å². The van der Waals surface area contributed by atoms with Crippen LogP contribution in [0.5, 0.6) is 5.75 Å². The molecule has 35 heavy (non-hydrogen) atoms. The number of hydrogen-bond donors (Lipinski definition) is 0. The summed E-state index contributed by atoms with van der Waals surface area (Å²) >= 11 is 7.35. The average Bonchev–Trinajstić information content (AvgIpc) is 3.49. The van der Waals surface area contributed by atoms with Crippen LogP contribution in [0.1, 0.15) is 19.3 Å². The summed E-state index contributed by atoms with van der Waals surface area (Å²) in [6, 6.07) is 10.9. The molecule has 0 spiro atoms. The number of hydrogen-bond acceptors (Lipinski definition) is 7. The molecule has 1 amide bonds. The Morgan fingerprint density at radius 1 is 1.20 bits per heavy atom. The lowest BCUT2D eigenvalue weighted by molar-refractivity contribution is -0.121. The Bertz CT molecular complexity index is 1290. The number of carbonyl (C=O) groups excluding carboxylic acids is 1. The molecule has 0 N–H and O–H groups in total. The first kappa shape index (κ1) is 25.8. The van der Waals surface area contributed by atoms with E-state index in [1.165, 1.54) is 27.8 Å². The van der Waals surface area contributed by atoms with Crippen molar-refractivity contribution in [3.63, 3.8) is 0 Å². The zero-order valence-corrected chi connectivity index (χ0v) is 22.4. The minimum absolute atomic E-state index is 0.130. The van der Waals surface area contributed by atoms with Gasteiger partial charge >= 0.3 is 0 Å². The van der Waals surface area contributed by atoms with Crippen molar-refractivity contribution < 1.29 is 17.9 Å². The molecule has 1 fully saturated rings. The quantitative estimate of drug-likeness (QED) is 0.409. The molecule has 8 nitrogen and oxygen atoms in total. The summed E-state index contributed by atoms with van der Waals surface area (Å²) in [6.07, 6.45) is 1.80. The maximum Gasteiger partial charge on any atom is 0.247 e. The van der Waals surface area contributed by atoms with E-state index < -0.39 is 16.1 Å². The second kappa shape index (κ2) is 10.8. The average molecular weight is 537 g/mol. The van der Waals surface area contributed by atoms with E-state index in [1.54, 1.807) is 24.1 Å². The topological polar surface area (TPSA) is 83.0 Å². The van der Waals surface area contributed by atoms with Crippen LogP contribution in [0.25, 0.3) is 10.2 Å². The van der Waals surface area contributed by atoms with Crippen LogP contribution in [0.2, 0.25) is 5.02 Å². The monoisotopic (exact) mass is 536 g/mol. The van der Waals surface area contributed by atoms with Gasteiger partial charge in [0.15, 0.2) is 5.13 Å². The molecule has 1 aliphatic rings. The zero-order valence-electron chi connectivity index (χ0n) is 20.0. The Morgan fingerprint density at radius 3 is 2.63 bits per heavy atom. The Kier molecular flexibility index (Phi) is 7.97. The molecule has 1 aromatic heterocycles. The highest BCUT2D eigenvalue weighted by atomic mass is 35.5. The largest absolute Gasteiger partial charge is 0.494 e. The molecule has 3 aromatic rings. The Balaban J connectivity index is 1.67. The molecule has 0 saturated carbocycles. The number of fused-ring (bicyclic) bond motifs is 1. The number of benzene rings is 2. The lowest BCUT2D eigenvalue weighted by atomic mass is 10.2. The third kappa shape index (κ3) is 5.46. The summed E-state index contributed by atoms with van der Waals surface area (Å²) in [7, 11) is 1.69. The Hall–Kier alpha value is -2.24. The number of carbonyl (C=O) groups is 1. The molecule has 1 atom stereocenters. The Labute approximate surface area is 215 Å². The van der Waals surface area contributed by atoms with E-state index in [-0.39, 0.29) is 10.8 Å². The van der Waals surface area contributed by atoms with Crippen LogP contribution in [0.15, 0.2) is 47.4 Å². The van der Waals surface area contributed by atoms with E-state index >= 15 is 0 Å². The van der Waals surface area contributed by atoms with Gasteiger partial charge in [0, 0.05) is 18.1 Å². The molecule has 0 aliphatic carbocycles. The highest BCUT2D eigenvalue weighted by molar-refractivity contribution is 7.89. The number of halogens is 1. The summed E-state index contributed by atoms with van der Waals surface area (Å²) in [4.78, 5) is 22.5. The lowest BCUT2D eigenvalue weighted by Crippen LogP contribution is -2.48. The van der Waals surface area contributed by atoms with Crippen LogP contribution in [-0.2, 0) is 14.8 Å². The number of rotatable bonds is 9. The van der Waals surface area contributed by atoms with E-state index in [9.17, 15) is 13.2 Å². The van der Waals surface area contributed by atoms with Gasteiger partial charge < -0.3 is 9.64 Å². The van der Waals surface area contributed by atoms with Crippen molar-refractivity contribution in [3.8, 4) is 5.75 Å². The number of ether oxygens (including phenoxy) is 1. The van der Waals surface area contributed by atoms with Crippen molar-refractivity contribution in [3.05, 3.63) is 47.5 Å². The van der Waals surface area contributed by atoms with Crippen molar-refractivity contribution in [1.29, 1.82) is 0 Å². The number of thiazole rings is 1. The first-order valence-electron chi connectivity index (χ1n) is 11.4. The van der Waals surface area contributed by atoms with E-state index in [4.69, 9.17) is 21.3 Å². The number of methoxy groups -OCH3 is 1. The van der Waals surface area contributed by atoms with E-state index in [0.29, 0.717) is 47.4 Å². The second-order valence-corrected chi connectivity index (χ2v) is 12.0. The van der Waals surface area contributed by atoms with Crippen molar-refractivity contribution in [1.82, 2.24) is 14.2 Å². The van der Waals surface area contributed by atoms with Crippen molar-refractivity contribution in [2.75, 3.05) is 45.7 Å². The van der Waals surface area contributed by atoms with Gasteiger partial charge in [-0.05, 0) is 76.3 Å². The van der Waals surface area contributed by atoms with Crippen molar-refractivity contribution in [2.24, 2.45) is 0 Å². The number of para-hydroxylation sites is 1. The van der Waals surface area contributed by atoms with Gasteiger partial charge in [0.25, 0.3) is 0 Å². The van der Waals surface area contributed by atoms with Crippen LogP contribution in [0.3, 0.4) is 0 Å². The number of anilines is 1. The SMILES string of the molecule is COc1cccc2sc(N(CCCN(C)C)C(=O)C3CCCN3S(=O)(=O)c3ccc(Cl)cc3)nc12. The molecule has 1 unspecified atom stereocenters. The summed E-state index contributed by atoms with van der Waals surface area (Å²) in [5.41, 5.74) is 0.692. The van der Waals surface area contributed by atoms with Crippen LogP contribution >= 0.6 is 22.9 Å². The molecule has 1 saturated heterocycles. The van der Waals surface area contributed by atoms with Crippen LogP contribution in [0.4, 0.5) is 5.13 Å². The molecule has 11 heteroatoms. The molecule has 188 valence electrons. The summed E-state index contributed by atoms with van der Waals surface area (Å²) in [5.74, 6) is 0.385. The fraction of sp³-hybridized carbons (Fsp3) is 0.417. The first-order chi connectivity index (χ1) is 16.7. The Morgan fingerprint density at radius 2 is 1.94 bits per heavy atom. The van der Waals surface area contributed by atoms with Gasteiger partial charge in [-0.1, -0.05) is 29.0 Å². The fourth-order valence-electron chi connectivity index (χ4n) is 4.23. The van der Waals surface area contributed by atoms with Crippen molar-refractivity contribution in [2.45, 2.75) is 30.2 Å². The van der Waals surface area contributed by atoms with E-state index in [2.05, 4.69) is 4.90 Å². The number of sulfonamides is 1. The molecular weight excluding hydrogens is 508 g/mol. The maximum absolute atomic E-state index is 13.9.